The first-order valence-electron chi connectivity index (χ1n) is 5.80. The summed E-state index contributed by atoms with van der Waals surface area (Å²) in [5, 5.41) is 1.51. The molecule has 19 heavy (non-hydrogen) atoms. The van der Waals surface area contributed by atoms with E-state index >= 15 is 0 Å². The zero-order chi connectivity index (χ0) is 13.8. The van der Waals surface area contributed by atoms with Gasteiger partial charge in [0.05, 0.1) is 5.69 Å². The van der Waals surface area contributed by atoms with Crippen LogP contribution in [0.2, 0.25) is 0 Å². The molecule has 0 saturated carbocycles. The highest BCUT2D eigenvalue weighted by Crippen LogP contribution is 2.20. The fraction of sp³-hybridized carbons (Fsp3) is 0.143. The van der Waals surface area contributed by atoms with Crippen LogP contribution in [0.4, 0.5) is 5.69 Å². The molecule has 5 nitrogen and oxygen atoms in total. The van der Waals surface area contributed by atoms with Crippen molar-refractivity contribution in [1.29, 1.82) is 0 Å². The van der Waals surface area contributed by atoms with Crippen LogP contribution in [0.25, 0.3) is 0 Å². The maximum absolute atomic E-state index is 11.7. The number of carbonyl (C=O) groups excluding carboxylic acids is 2. The molecule has 98 valence electrons. The molecule has 2 rings (SSSR count). The number of hydrogen-bond donors (Lipinski definition) is 0. The molecule has 0 saturated heterocycles. The van der Waals surface area contributed by atoms with Gasteiger partial charge in [-0.15, -0.1) is 0 Å². The van der Waals surface area contributed by atoms with Crippen molar-refractivity contribution in [2.45, 2.75) is 13.8 Å². The third-order valence-corrected chi connectivity index (χ3v) is 2.46. The van der Waals surface area contributed by atoms with Gasteiger partial charge in [0.15, 0.2) is 0 Å². The molecule has 0 fully saturated rings. The molecule has 5 heteroatoms. The number of ether oxygens (including phenoxy) is 1. The third kappa shape index (κ3) is 3.01. The van der Waals surface area contributed by atoms with E-state index in [9.17, 15) is 9.59 Å². The van der Waals surface area contributed by atoms with Gasteiger partial charge < -0.3 is 4.74 Å². The van der Waals surface area contributed by atoms with Crippen molar-refractivity contribution in [2.75, 3.05) is 5.01 Å². The predicted octanol–water partition coefficient (Wildman–Crippen LogP) is 2.23. The number of nitrogens with zero attached hydrogens (tertiary/aromatic N) is 2. The Balaban J connectivity index is 2.28. The van der Waals surface area contributed by atoms with Crippen LogP contribution in [-0.2, 0) is 9.59 Å². The first-order chi connectivity index (χ1) is 9.08. The summed E-state index contributed by atoms with van der Waals surface area (Å²) in [6.07, 6.45) is 3.56. The van der Waals surface area contributed by atoms with E-state index < -0.39 is 0 Å². The van der Waals surface area contributed by atoms with Crippen molar-refractivity contribution >= 4 is 17.6 Å². The largest absolute Gasteiger partial charge is 0.427 e. The van der Waals surface area contributed by atoms with E-state index in [2.05, 4.69) is 0 Å². The first-order valence-corrected chi connectivity index (χ1v) is 5.80. The van der Waals surface area contributed by atoms with E-state index in [0.717, 1.165) is 0 Å². The normalized spacial score (nSPS) is 10.0. The minimum Gasteiger partial charge on any atom is -0.427 e. The maximum atomic E-state index is 11.7. The number of esters is 1. The van der Waals surface area contributed by atoms with Gasteiger partial charge in [-0.2, -0.15) is 0 Å². The number of rotatable bonds is 3. The molecule has 0 N–H and O–H groups in total. The monoisotopic (exact) mass is 258 g/mol. The molecule has 1 aromatic carbocycles. The molecule has 0 aliphatic heterocycles. The summed E-state index contributed by atoms with van der Waals surface area (Å²) in [7, 11) is 0. The molecule has 0 aliphatic carbocycles. The lowest BCUT2D eigenvalue weighted by atomic mass is 10.3. The van der Waals surface area contributed by atoms with Gasteiger partial charge in [-0.05, 0) is 36.4 Å². The van der Waals surface area contributed by atoms with E-state index in [0.29, 0.717) is 11.4 Å². The topological polar surface area (TPSA) is 51.5 Å². The number of aromatic nitrogens is 1. The molecule has 1 amide bonds. The van der Waals surface area contributed by atoms with Gasteiger partial charge in [0.25, 0.3) is 0 Å². The predicted molar refractivity (Wildman–Crippen MR) is 70.7 cm³/mol. The molecule has 0 spiro atoms. The molecular formula is C14H14N2O3. The van der Waals surface area contributed by atoms with Crippen LogP contribution in [0.5, 0.6) is 5.75 Å². The lowest BCUT2D eigenvalue weighted by Gasteiger charge is -2.22. The van der Waals surface area contributed by atoms with Gasteiger partial charge in [-0.3, -0.25) is 14.3 Å². The van der Waals surface area contributed by atoms with Gasteiger partial charge in [-0.25, -0.2) is 5.01 Å². The highest BCUT2D eigenvalue weighted by atomic mass is 16.5. The molecule has 0 unspecified atom stereocenters. The summed E-state index contributed by atoms with van der Waals surface area (Å²) in [5.41, 5.74) is 0.694. The molecule has 1 heterocycles. The van der Waals surface area contributed by atoms with E-state index in [1.807, 2.05) is 12.1 Å². The number of amides is 1. The van der Waals surface area contributed by atoms with Crippen LogP contribution in [0, 0.1) is 0 Å². The molecule has 1 aromatic heterocycles. The summed E-state index contributed by atoms with van der Waals surface area (Å²) >= 11 is 0. The third-order valence-electron chi connectivity index (χ3n) is 2.46. The van der Waals surface area contributed by atoms with Crippen LogP contribution >= 0.6 is 0 Å². The second-order valence-electron chi connectivity index (χ2n) is 3.98. The van der Waals surface area contributed by atoms with Crippen LogP contribution < -0.4 is 9.75 Å². The molecule has 0 radical (unpaired) electrons. The molecule has 0 atom stereocenters. The summed E-state index contributed by atoms with van der Waals surface area (Å²) in [6.45, 7) is 2.83. The number of hydrogen-bond acceptors (Lipinski definition) is 3. The Morgan fingerprint density at radius 1 is 1.05 bits per heavy atom. The van der Waals surface area contributed by atoms with E-state index in [1.54, 1.807) is 41.3 Å². The van der Waals surface area contributed by atoms with E-state index in [4.69, 9.17) is 4.74 Å². The Kier molecular flexibility index (Phi) is 3.66. The highest BCUT2D eigenvalue weighted by Gasteiger charge is 2.12. The second kappa shape index (κ2) is 5.39. The molecule has 0 aliphatic rings. The summed E-state index contributed by atoms with van der Waals surface area (Å²) in [5.74, 6) is -0.0368. The van der Waals surface area contributed by atoms with Crippen molar-refractivity contribution in [3.05, 3.63) is 48.8 Å². The van der Waals surface area contributed by atoms with Gasteiger partial charge in [-0.1, -0.05) is 0 Å². The van der Waals surface area contributed by atoms with Crippen molar-refractivity contribution in [2.24, 2.45) is 0 Å². The Morgan fingerprint density at radius 2 is 1.63 bits per heavy atom. The average molecular weight is 258 g/mol. The standard InChI is InChI=1S/C14H14N2O3/c1-11(17)16(15-9-3-4-10-15)13-5-7-14(8-6-13)19-12(2)18/h3-10H,1-2H3. The van der Waals surface area contributed by atoms with E-state index in [1.165, 1.54) is 18.9 Å². The zero-order valence-electron chi connectivity index (χ0n) is 10.7. The zero-order valence-corrected chi connectivity index (χ0v) is 10.7. The fourth-order valence-electron chi connectivity index (χ4n) is 1.76. The average Bonchev–Trinajstić information content (AvgIpc) is 2.84. The van der Waals surface area contributed by atoms with Crippen LogP contribution in [0.15, 0.2) is 48.8 Å². The molecular weight excluding hydrogens is 244 g/mol. The van der Waals surface area contributed by atoms with Crippen LogP contribution in [0.1, 0.15) is 13.8 Å². The maximum Gasteiger partial charge on any atom is 0.308 e. The smallest absolute Gasteiger partial charge is 0.308 e. The fourth-order valence-corrected chi connectivity index (χ4v) is 1.76. The molecule has 0 bridgehead atoms. The Labute approximate surface area is 111 Å². The second-order valence-corrected chi connectivity index (χ2v) is 3.98. The van der Waals surface area contributed by atoms with E-state index in [-0.39, 0.29) is 11.9 Å². The van der Waals surface area contributed by atoms with Crippen molar-refractivity contribution in [1.82, 2.24) is 4.68 Å². The number of benzene rings is 1. The summed E-state index contributed by atoms with van der Waals surface area (Å²) in [6, 6.07) is 10.4. The Morgan fingerprint density at radius 3 is 2.11 bits per heavy atom. The van der Waals surface area contributed by atoms with Crippen molar-refractivity contribution < 1.29 is 14.3 Å². The van der Waals surface area contributed by atoms with Gasteiger partial charge in [0, 0.05) is 26.2 Å². The number of anilines is 1. The van der Waals surface area contributed by atoms with Crippen LogP contribution in [-0.4, -0.2) is 16.6 Å². The van der Waals surface area contributed by atoms with Gasteiger partial charge in [0.1, 0.15) is 5.75 Å². The van der Waals surface area contributed by atoms with Gasteiger partial charge in [0.2, 0.25) is 5.91 Å². The van der Waals surface area contributed by atoms with Crippen molar-refractivity contribution in [3.63, 3.8) is 0 Å². The SMILES string of the molecule is CC(=O)Oc1ccc(N(C(C)=O)n2cccc2)cc1. The quantitative estimate of drug-likeness (QED) is 0.626. The highest BCUT2D eigenvalue weighted by molar-refractivity contribution is 5.91. The minimum absolute atomic E-state index is 0.114. The summed E-state index contributed by atoms with van der Waals surface area (Å²) < 4.78 is 6.63. The Bertz CT molecular complexity index is 573. The lowest BCUT2D eigenvalue weighted by Crippen LogP contribution is -2.32. The summed E-state index contributed by atoms with van der Waals surface area (Å²) in [4.78, 5) is 22.6. The molecule has 2 aromatic rings. The Hall–Kier alpha value is -2.56. The number of carbonyl (C=O) groups is 2. The lowest BCUT2D eigenvalue weighted by molar-refractivity contribution is -0.131. The van der Waals surface area contributed by atoms with Crippen LogP contribution in [0.3, 0.4) is 0 Å². The van der Waals surface area contributed by atoms with Crippen molar-refractivity contribution in [3.8, 4) is 5.75 Å². The first kappa shape index (κ1) is 12.9. The minimum atomic E-state index is -0.374. The van der Waals surface area contributed by atoms with Gasteiger partial charge >= 0.3 is 5.97 Å².